The van der Waals surface area contributed by atoms with Gasteiger partial charge in [-0.3, -0.25) is 9.59 Å². The van der Waals surface area contributed by atoms with Gasteiger partial charge >= 0.3 is 5.97 Å². The Morgan fingerprint density at radius 1 is 1.14 bits per heavy atom. The van der Waals surface area contributed by atoms with Gasteiger partial charge in [-0.2, -0.15) is 0 Å². The Bertz CT molecular complexity index is 207. The Kier molecular flexibility index (Phi) is 7.80. The van der Waals surface area contributed by atoms with Crippen LogP contribution in [0.1, 0.15) is 39.0 Å². The molecule has 0 atom stereocenters. The van der Waals surface area contributed by atoms with Crippen molar-refractivity contribution in [2.24, 2.45) is 0 Å². The molecule has 0 unspecified atom stereocenters. The van der Waals surface area contributed by atoms with E-state index < -0.39 is 0 Å². The minimum Gasteiger partial charge on any atom is -0.469 e. The predicted octanol–water partition coefficient (Wildman–Crippen LogP) is 2.26. The number of ketones is 1. The third-order valence-electron chi connectivity index (χ3n) is 1.83. The first kappa shape index (κ1) is 12.9. The van der Waals surface area contributed by atoms with Gasteiger partial charge in [0, 0.05) is 12.8 Å². The van der Waals surface area contributed by atoms with Crippen LogP contribution in [-0.2, 0) is 14.3 Å². The van der Waals surface area contributed by atoms with Gasteiger partial charge in [-0.25, -0.2) is 0 Å². The van der Waals surface area contributed by atoms with Gasteiger partial charge in [-0.1, -0.05) is 19.1 Å². The smallest absolute Gasteiger partial charge is 0.305 e. The zero-order chi connectivity index (χ0) is 10.8. The number of allylic oxidation sites excluding steroid dienone is 2. The van der Waals surface area contributed by atoms with Crippen molar-refractivity contribution in [3.63, 3.8) is 0 Å². The van der Waals surface area contributed by atoms with Crippen LogP contribution in [0.2, 0.25) is 0 Å². The first-order valence-corrected chi connectivity index (χ1v) is 4.94. The second kappa shape index (κ2) is 8.48. The number of carbonyl (C=O) groups excluding carboxylic acids is 2. The molecule has 0 aromatic rings. The van der Waals surface area contributed by atoms with Crippen LogP contribution in [0.5, 0.6) is 0 Å². The fraction of sp³-hybridized carbons (Fsp3) is 0.636. The van der Waals surface area contributed by atoms with Gasteiger partial charge in [0.05, 0.1) is 13.5 Å². The van der Waals surface area contributed by atoms with Crippen molar-refractivity contribution in [2.75, 3.05) is 7.11 Å². The van der Waals surface area contributed by atoms with E-state index in [4.69, 9.17) is 0 Å². The van der Waals surface area contributed by atoms with Gasteiger partial charge in [0.25, 0.3) is 0 Å². The van der Waals surface area contributed by atoms with Crippen LogP contribution in [0.4, 0.5) is 0 Å². The molecule has 0 bridgehead atoms. The van der Waals surface area contributed by atoms with E-state index in [2.05, 4.69) is 11.7 Å². The summed E-state index contributed by atoms with van der Waals surface area (Å²) in [4.78, 5) is 21.9. The molecule has 0 fully saturated rings. The van der Waals surface area contributed by atoms with E-state index in [-0.39, 0.29) is 18.2 Å². The molecule has 0 amide bonds. The Morgan fingerprint density at radius 3 is 2.43 bits per heavy atom. The molecular formula is C11H18O3. The Hall–Kier alpha value is -1.12. The van der Waals surface area contributed by atoms with Crippen molar-refractivity contribution >= 4 is 11.8 Å². The van der Waals surface area contributed by atoms with E-state index in [1.54, 1.807) is 0 Å². The fourth-order valence-electron chi connectivity index (χ4n) is 0.997. The summed E-state index contributed by atoms with van der Waals surface area (Å²) in [7, 11) is 1.33. The van der Waals surface area contributed by atoms with Crippen molar-refractivity contribution in [1.29, 1.82) is 0 Å². The standard InChI is InChI=1S/C11H18O3/c1-3-4-5-6-7-10(12)8-9-11(13)14-2/h4-5H,3,6-9H2,1-2H3/b5-4+. The van der Waals surface area contributed by atoms with Crippen molar-refractivity contribution in [3.05, 3.63) is 12.2 Å². The normalized spacial score (nSPS) is 10.4. The molecule has 0 rings (SSSR count). The predicted molar refractivity (Wildman–Crippen MR) is 54.9 cm³/mol. The van der Waals surface area contributed by atoms with Crippen LogP contribution >= 0.6 is 0 Å². The van der Waals surface area contributed by atoms with Crippen LogP contribution in [-0.4, -0.2) is 18.9 Å². The Morgan fingerprint density at radius 2 is 1.86 bits per heavy atom. The van der Waals surface area contributed by atoms with Crippen LogP contribution in [0.15, 0.2) is 12.2 Å². The lowest BCUT2D eigenvalue weighted by Gasteiger charge is -1.97. The average Bonchev–Trinajstić information content (AvgIpc) is 2.21. The molecule has 3 heteroatoms. The molecule has 0 saturated heterocycles. The van der Waals surface area contributed by atoms with Crippen LogP contribution in [0.3, 0.4) is 0 Å². The molecule has 80 valence electrons. The molecule has 0 heterocycles. The van der Waals surface area contributed by atoms with E-state index in [1.165, 1.54) is 7.11 Å². The highest BCUT2D eigenvalue weighted by molar-refractivity contribution is 5.82. The molecule has 0 aromatic carbocycles. The number of carbonyl (C=O) groups is 2. The van der Waals surface area contributed by atoms with E-state index >= 15 is 0 Å². The minimum absolute atomic E-state index is 0.121. The second-order valence-corrected chi connectivity index (χ2v) is 3.03. The lowest BCUT2D eigenvalue weighted by atomic mass is 10.1. The summed E-state index contributed by atoms with van der Waals surface area (Å²) in [6.07, 6.45) is 6.82. The quantitative estimate of drug-likeness (QED) is 0.465. The van der Waals surface area contributed by atoms with Gasteiger partial charge in [0.15, 0.2) is 0 Å². The van der Waals surface area contributed by atoms with Gasteiger partial charge in [-0.05, 0) is 12.8 Å². The molecule has 0 saturated carbocycles. The van der Waals surface area contributed by atoms with E-state index in [9.17, 15) is 9.59 Å². The molecule has 0 aliphatic heterocycles. The molecular weight excluding hydrogens is 180 g/mol. The van der Waals surface area contributed by atoms with Gasteiger partial charge < -0.3 is 4.74 Å². The van der Waals surface area contributed by atoms with Gasteiger partial charge in [0.1, 0.15) is 5.78 Å². The zero-order valence-corrected chi connectivity index (χ0v) is 8.91. The van der Waals surface area contributed by atoms with Crippen molar-refractivity contribution in [2.45, 2.75) is 39.0 Å². The number of methoxy groups -OCH3 is 1. The summed E-state index contributed by atoms with van der Waals surface area (Å²) >= 11 is 0. The lowest BCUT2D eigenvalue weighted by Crippen LogP contribution is -2.05. The molecule has 0 spiro atoms. The summed E-state index contributed by atoms with van der Waals surface area (Å²) in [6.45, 7) is 2.05. The maximum absolute atomic E-state index is 11.2. The van der Waals surface area contributed by atoms with Gasteiger partial charge in [-0.15, -0.1) is 0 Å². The second-order valence-electron chi connectivity index (χ2n) is 3.03. The number of ether oxygens (including phenoxy) is 1. The maximum Gasteiger partial charge on any atom is 0.305 e. The van der Waals surface area contributed by atoms with E-state index in [1.807, 2.05) is 12.2 Å². The first-order valence-electron chi connectivity index (χ1n) is 4.94. The van der Waals surface area contributed by atoms with E-state index in [0.717, 1.165) is 12.8 Å². The van der Waals surface area contributed by atoms with E-state index in [0.29, 0.717) is 12.8 Å². The summed E-state index contributed by atoms with van der Waals surface area (Å²) in [5.74, 6) is -0.196. The number of hydrogen-bond acceptors (Lipinski definition) is 3. The molecule has 0 aromatic heterocycles. The highest BCUT2D eigenvalue weighted by Gasteiger charge is 2.05. The third-order valence-corrected chi connectivity index (χ3v) is 1.83. The lowest BCUT2D eigenvalue weighted by molar-refractivity contribution is -0.141. The summed E-state index contributed by atoms with van der Waals surface area (Å²) in [5, 5.41) is 0. The fourth-order valence-corrected chi connectivity index (χ4v) is 0.997. The highest BCUT2D eigenvalue weighted by atomic mass is 16.5. The number of hydrogen-bond donors (Lipinski definition) is 0. The van der Waals surface area contributed by atoms with Crippen molar-refractivity contribution in [1.82, 2.24) is 0 Å². The summed E-state index contributed by atoms with van der Waals surface area (Å²) in [6, 6.07) is 0. The topological polar surface area (TPSA) is 43.4 Å². The molecule has 0 aliphatic rings. The molecule has 14 heavy (non-hydrogen) atoms. The molecule has 0 N–H and O–H groups in total. The van der Waals surface area contributed by atoms with Crippen molar-refractivity contribution < 1.29 is 14.3 Å². The molecule has 0 aliphatic carbocycles. The number of Topliss-reactive ketones (excluding diaryl/α,β-unsaturated/α-hetero) is 1. The number of rotatable bonds is 7. The Labute approximate surface area is 85.1 Å². The largest absolute Gasteiger partial charge is 0.469 e. The average molecular weight is 198 g/mol. The van der Waals surface area contributed by atoms with Crippen LogP contribution in [0.25, 0.3) is 0 Å². The monoisotopic (exact) mass is 198 g/mol. The highest BCUT2D eigenvalue weighted by Crippen LogP contribution is 2.01. The Balaban J connectivity index is 3.46. The molecule has 3 nitrogen and oxygen atoms in total. The number of esters is 1. The molecule has 0 radical (unpaired) electrons. The summed E-state index contributed by atoms with van der Waals surface area (Å²) in [5.41, 5.74) is 0. The maximum atomic E-state index is 11.2. The third kappa shape index (κ3) is 7.53. The SMILES string of the molecule is CC/C=C/CCC(=O)CCC(=O)OC. The minimum atomic E-state index is -0.317. The zero-order valence-electron chi connectivity index (χ0n) is 8.91. The van der Waals surface area contributed by atoms with Crippen LogP contribution < -0.4 is 0 Å². The summed E-state index contributed by atoms with van der Waals surface area (Å²) < 4.78 is 4.44. The van der Waals surface area contributed by atoms with Crippen molar-refractivity contribution in [3.8, 4) is 0 Å². The van der Waals surface area contributed by atoms with Gasteiger partial charge in [0.2, 0.25) is 0 Å². The first-order chi connectivity index (χ1) is 6.70. The van der Waals surface area contributed by atoms with Crippen LogP contribution in [0, 0.1) is 0 Å².